The maximum Gasteiger partial charge on any atom is 0.0833 e. The van der Waals surface area contributed by atoms with Crippen molar-refractivity contribution in [1.82, 2.24) is 19.6 Å². The average molecular weight is 555 g/mol. The number of rotatable bonds is 14. The van der Waals surface area contributed by atoms with Crippen LogP contribution in [0.15, 0.2) is 24.3 Å². The molecule has 0 unspecified atom stereocenters. The first-order valence-electron chi connectivity index (χ1n) is 17.0. The van der Waals surface area contributed by atoms with E-state index in [2.05, 4.69) is 43.9 Å². The zero-order valence-electron chi connectivity index (χ0n) is 25.5. The van der Waals surface area contributed by atoms with Crippen LogP contribution in [-0.2, 0) is 22.7 Å². The van der Waals surface area contributed by atoms with E-state index in [0.717, 1.165) is 26.2 Å². The van der Waals surface area contributed by atoms with Gasteiger partial charge in [-0.05, 0) is 115 Å². The third kappa shape index (κ3) is 10.7. The Bertz CT molecular complexity index is 690. The molecule has 0 amide bonds. The number of piperidine rings is 4. The van der Waals surface area contributed by atoms with E-state index in [1.165, 1.54) is 141 Å². The average Bonchev–Trinajstić information content (AvgIpc) is 3.01. The second kappa shape index (κ2) is 17.2. The Labute approximate surface area is 245 Å². The minimum atomic E-state index is 0.296. The second-order valence-corrected chi connectivity index (χ2v) is 13.1. The van der Waals surface area contributed by atoms with Gasteiger partial charge in [-0.25, -0.2) is 0 Å². The van der Waals surface area contributed by atoms with Gasteiger partial charge in [-0.15, -0.1) is 0 Å². The SMILES string of the molecule is c1cc(COC(CN2CCCCC2)CN2CCCCC2)ccc1COC(CN1CCCCC1)CN1CCCCC1. The van der Waals surface area contributed by atoms with Gasteiger partial charge in [0.15, 0.2) is 0 Å². The maximum absolute atomic E-state index is 6.62. The predicted octanol–water partition coefficient (Wildman–Crippen LogP) is 5.40. The van der Waals surface area contributed by atoms with Gasteiger partial charge >= 0.3 is 0 Å². The monoisotopic (exact) mass is 554 g/mol. The van der Waals surface area contributed by atoms with Crippen LogP contribution in [0.5, 0.6) is 0 Å². The summed E-state index contributed by atoms with van der Waals surface area (Å²) in [5.74, 6) is 0. The first-order valence-corrected chi connectivity index (χ1v) is 17.0. The summed E-state index contributed by atoms with van der Waals surface area (Å²) in [4.78, 5) is 10.6. The highest BCUT2D eigenvalue weighted by atomic mass is 16.5. The molecule has 0 radical (unpaired) electrons. The Kier molecular flexibility index (Phi) is 13.1. The summed E-state index contributed by atoms with van der Waals surface area (Å²) >= 11 is 0. The number of ether oxygens (including phenoxy) is 2. The Morgan fingerprint density at radius 3 is 0.900 bits per heavy atom. The second-order valence-electron chi connectivity index (χ2n) is 13.1. The van der Waals surface area contributed by atoms with Crippen molar-refractivity contribution >= 4 is 0 Å². The molecule has 4 aliphatic heterocycles. The number of nitrogens with zero attached hydrogens (tertiary/aromatic N) is 4. The minimum absolute atomic E-state index is 0.296. The summed E-state index contributed by atoms with van der Waals surface area (Å²) in [6.45, 7) is 15.7. The summed E-state index contributed by atoms with van der Waals surface area (Å²) < 4.78 is 13.2. The van der Waals surface area contributed by atoms with Crippen molar-refractivity contribution in [3.63, 3.8) is 0 Å². The highest BCUT2D eigenvalue weighted by Crippen LogP contribution is 2.18. The van der Waals surface area contributed by atoms with Crippen molar-refractivity contribution in [2.75, 3.05) is 78.5 Å². The number of benzene rings is 1. The Morgan fingerprint density at radius 2 is 0.650 bits per heavy atom. The lowest BCUT2D eigenvalue weighted by Crippen LogP contribution is -2.44. The molecule has 0 saturated carbocycles. The van der Waals surface area contributed by atoms with Gasteiger partial charge in [0.05, 0.1) is 25.4 Å². The van der Waals surface area contributed by atoms with Crippen LogP contribution >= 0.6 is 0 Å². The topological polar surface area (TPSA) is 31.4 Å². The maximum atomic E-state index is 6.62. The predicted molar refractivity (Wildman–Crippen MR) is 165 cm³/mol. The third-order valence-corrected chi connectivity index (χ3v) is 9.64. The normalized spacial score (nSPS) is 22.9. The van der Waals surface area contributed by atoms with Crippen LogP contribution in [0.4, 0.5) is 0 Å². The van der Waals surface area contributed by atoms with E-state index < -0.39 is 0 Å². The van der Waals surface area contributed by atoms with Gasteiger partial charge in [-0.3, -0.25) is 0 Å². The number of likely N-dealkylation sites (tertiary alicyclic amines) is 4. The Morgan fingerprint density at radius 1 is 0.400 bits per heavy atom. The third-order valence-electron chi connectivity index (χ3n) is 9.64. The molecule has 6 nitrogen and oxygen atoms in total. The summed E-state index contributed by atoms with van der Waals surface area (Å²) in [6.07, 6.45) is 16.9. The van der Waals surface area contributed by atoms with Crippen LogP contribution in [0.2, 0.25) is 0 Å². The molecule has 4 saturated heterocycles. The zero-order valence-corrected chi connectivity index (χ0v) is 25.5. The fourth-order valence-electron chi connectivity index (χ4n) is 7.21. The molecular formula is C34H58N4O2. The van der Waals surface area contributed by atoms with Gasteiger partial charge in [-0.1, -0.05) is 49.9 Å². The summed E-state index contributed by atoms with van der Waals surface area (Å²) in [5.41, 5.74) is 2.56. The Hall–Kier alpha value is -1.02. The largest absolute Gasteiger partial charge is 0.371 e. The van der Waals surface area contributed by atoms with Crippen LogP contribution in [-0.4, -0.2) is 110 Å². The lowest BCUT2D eigenvalue weighted by Gasteiger charge is -2.34. The highest BCUT2D eigenvalue weighted by molar-refractivity contribution is 5.21. The van der Waals surface area contributed by atoms with Gasteiger partial charge in [0, 0.05) is 26.2 Å². The van der Waals surface area contributed by atoms with Crippen molar-refractivity contribution in [3.05, 3.63) is 35.4 Å². The highest BCUT2D eigenvalue weighted by Gasteiger charge is 2.23. The molecule has 0 spiro atoms. The van der Waals surface area contributed by atoms with E-state index in [4.69, 9.17) is 9.47 Å². The van der Waals surface area contributed by atoms with Crippen LogP contribution in [0.3, 0.4) is 0 Å². The standard InChI is InChI=1S/C34H58N4O2/c1-5-17-35(18-6-1)25-33(26-36-19-7-2-8-20-36)39-29-31-13-15-32(16-14-31)30-40-34(27-37-21-9-3-10-22-37)28-38-23-11-4-12-24-38/h13-16,33-34H,1-12,17-30H2. The zero-order chi connectivity index (χ0) is 27.2. The van der Waals surface area contributed by atoms with Gasteiger partial charge in [0.25, 0.3) is 0 Å². The molecule has 0 aliphatic carbocycles. The van der Waals surface area contributed by atoms with Gasteiger partial charge < -0.3 is 29.1 Å². The van der Waals surface area contributed by atoms with Crippen LogP contribution in [0.25, 0.3) is 0 Å². The first kappa shape index (κ1) is 30.4. The van der Waals surface area contributed by atoms with E-state index in [1.54, 1.807) is 0 Å². The molecule has 6 heteroatoms. The first-order chi connectivity index (χ1) is 19.8. The molecule has 0 atom stereocenters. The van der Waals surface area contributed by atoms with Gasteiger partial charge in [0.2, 0.25) is 0 Å². The quantitative estimate of drug-likeness (QED) is 0.306. The molecule has 226 valence electrons. The van der Waals surface area contributed by atoms with E-state index in [1.807, 2.05) is 0 Å². The van der Waals surface area contributed by atoms with Crippen molar-refractivity contribution in [2.24, 2.45) is 0 Å². The fraction of sp³-hybridized carbons (Fsp3) is 0.824. The molecule has 0 aromatic heterocycles. The molecular weight excluding hydrogens is 496 g/mol. The van der Waals surface area contributed by atoms with Crippen molar-refractivity contribution < 1.29 is 9.47 Å². The Balaban J connectivity index is 1.10. The van der Waals surface area contributed by atoms with Crippen LogP contribution in [0, 0.1) is 0 Å². The van der Waals surface area contributed by atoms with Gasteiger partial charge in [-0.2, -0.15) is 0 Å². The van der Waals surface area contributed by atoms with E-state index in [9.17, 15) is 0 Å². The van der Waals surface area contributed by atoms with Crippen molar-refractivity contribution in [2.45, 2.75) is 102 Å². The minimum Gasteiger partial charge on any atom is -0.371 e. The molecule has 4 heterocycles. The molecule has 4 fully saturated rings. The molecule has 40 heavy (non-hydrogen) atoms. The smallest absolute Gasteiger partial charge is 0.0833 e. The molecule has 5 rings (SSSR count). The number of hydrogen-bond donors (Lipinski definition) is 0. The summed E-state index contributed by atoms with van der Waals surface area (Å²) in [5, 5.41) is 0. The molecule has 4 aliphatic rings. The molecule has 0 N–H and O–H groups in total. The number of hydrogen-bond acceptors (Lipinski definition) is 6. The summed E-state index contributed by atoms with van der Waals surface area (Å²) in [6, 6.07) is 9.06. The van der Waals surface area contributed by atoms with E-state index in [-0.39, 0.29) is 0 Å². The molecule has 1 aromatic carbocycles. The fourth-order valence-corrected chi connectivity index (χ4v) is 7.21. The van der Waals surface area contributed by atoms with Crippen molar-refractivity contribution in [1.29, 1.82) is 0 Å². The van der Waals surface area contributed by atoms with Crippen molar-refractivity contribution in [3.8, 4) is 0 Å². The van der Waals surface area contributed by atoms with E-state index >= 15 is 0 Å². The molecule has 1 aromatic rings. The van der Waals surface area contributed by atoms with Crippen LogP contribution < -0.4 is 0 Å². The van der Waals surface area contributed by atoms with Crippen LogP contribution in [0.1, 0.15) is 88.2 Å². The summed E-state index contributed by atoms with van der Waals surface area (Å²) in [7, 11) is 0. The van der Waals surface area contributed by atoms with E-state index in [0.29, 0.717) is 25.4 Å². The lowest BCUT2D eigenvalue weighted by molar-refractivity contribution is -0.0128. The van der Waals surface area contributed by atoms with Gasteiger partial charge in [0.1, 0.15) is 0 Å². The lowest BCUT2D eigenvalue weighted by atomic mass is 10.1. The molecule has 0 bridgehead atoms.